The van der Waals surface area contributed by atoms with Gasteiger partial charge in [-0.15, -0.1) is 0 Å². The maximum Gasteiger partial charge on any atom is 0.0782 e. The SMILES string of the molecule is Cc1nccnc1C(C)NCC1(C)CC1. The number of hydrogen-bond acceptors (Lipinski definition) is 3. The van der Waals surface area contributed by atoms with Crippen molar-refractivity contribution in [1.29, 1.82) is 0 Å². The molecule has 1 aromatic rings. The summed E-state index contributed by atoms with van der Waals surface area (Å²) >= 11 is 0. The molecule has 1 N–H and O–H groups in total. The second-order valence-electron chi connectivity index (χ2n) is 4.94. The molecule has 0 spiro atoms. The van der Waals surface area contributed by atoms with Crippen molar-refractivity contribution in [3.05, 3.63) is 23.8 Å². The highest BCUT2D eigenvalue weighted by molar-refractivity contribution is 5.12. The molecule has 0 aromatic carbocycles. The van der Waals surface area contributed by atoms with Crippen molar-refractivity contribution in [2.45, 2.75) is 39.7 Å². The molecule has 15 heavy (non-hydrogen) atoms. The fraction of sp³-hybridized carbons (Fsp3) is 0.667. The van der Waals surface area contributed by atoms with Crippen LogP contribution in [0.2, 0.25) is 0 Å². The van der Waals surface area contributed by atoms with E-state index in [-0.39, 0.29) is 0 Å². The Bertz CT molecular complexity index is 344. The van der Waals surface area contributed by atoms with Crippen LogP contribution in [0.4, 0.5) is 0 Å². The summed E-state index contributed by atoms with van der Waals surface area (Å²) in [5.41, 5.74) is 2.64. The maximum absolute atomic E-state index is 4.37. The van der Waals surface area contributed by atoms with Gasteiger partial charge in [-0.2, -0.15) is 0 Å². The van der Waals surface area contributed by atoms with Crippen LogP contribution in [0, 0.1) is 12.3 Å². The van der Waals surface area contributed by atoms with E-state index in [9.17, 15) is 0 Å². The molecular weight excluding hydrogens is 186 g/mol. The Hall–Kier alpha value is -0.960. The number of nitrogens with zero attached hydrogens (tertiary/aromatic N) is 2. The van der Waals surface area contributed by atoms with Crippen molar-refractivity contribution >= 4 is 0 Å². The second-order valence-corrected chi connectivity index (χ2v) is 4.94. The molecule has 3 nitrogen and oxygen atoms in total. The lowest BCUT2D eigenvalue weighted by Crippen LogP contribution is -2.26. The minimum atomic E-state index is 0.302. The Morgan fingerprint density at radius 2 is 2.07 bits per heavy atom. The zero-order valence-corrected chi connectivity index (χ0v) is 9.75. The lowest BCUT2D eigenvalue weighted by atomic mass is 10.1. The molecule has 1 aromatic heterocycles. The highest BCUT2D eigenvalue weighted by atomic mass is 15.0. The summed E-state index contributed by atoms with van der Waals surface area (Å²) in [5, 5.41) is 3.54. The Labute approximate surface area is 91.3 Å². The van der Waals surface area contributed by atoms with E-state index < -0.39 is 0 Å². The molecule has 1 fully saturated rings. The zero-order valence-electron chi connectivity index (χ0n) is 9.75. The van der Waals surface area contributed by atoms with E-state index in [2.05, 4.69) is 29.1 Å². The van der Waals surface area contributed by atoms with E-state index in [0.717, 1.165) is 17.9 Å². The third-order valence-corrected chi connectivity index (χ3v) is 3.27. The quantitative estimate of drug-likeness (QED) is 0.819. The van der Waals surface area contributed by atoms with Crippen molar-refractivity contribution in [1.82, 2.24) is 15.3 Å². The van der Waals surface area contributed by atoms with E-state index in [1.54, 1.807) is 12.4 Å². The van der Waals surface area contributed by atoms with Crippen molar-refractivity contribution < 1.29 is 0 Å². The number of rotatable bonds is 4. The van der Waals surface area contributed by atoms with Gasteiger partial charge < -0.3 is 5.32 Å². The van der Waals surface area contributed by atoms with Crippen LogP contribution < -0.4 is 5.32 Å². The van der Waals surface area contributed by atoms with E-state index >= 15 is 0 Å². The van der Waals surface area contributed by atoms with Crippen LogP contribution in [0.1, 0.15) is 44.1 Å². The molecule has 1 saturated carbocycles. The number of aryl methyl sites for hydroxylation is 1. The largest absolute Gasteiger partial charge is 0.308 e. The highest BCUT2D eigenvalue weighted by Gasteiger charge is 2.37. The van der Waals surface area contributed by atoms with Crippen molar-refractivity contribution in [2.75, 3.05) is 6.54 Å². The molecule has 82 valence electrons. The summed E-state index contributed by atoms with van der Waals surface area (Å²) in [6, 6.07) is 0.302. The molecule has 0 radical (unpaired) electrons. The normalized spacial score (nSPS) is 19.9. The molecule has 1 aliphatic rings. The number of nitrogens with one attached hydrogen (secondary N) is 1. The standard InChI is InChI=1S/C12H19N3/c1-9-11(14-7-6-13-9)10(2)15-8-12(3)4-5-12/h6-7,10,15H,4-5,8H2,1-3H3. The number of hydrogen-bond donors (Lipinski definition) is 1. The Morgan fingerprint density at radius 1 is 1.40 bits per heavy atom. The third-order valence-electron chi connectivity index (χ3n) is 3.27. The van der Waals surface area contributed by atoms with Gasteiger partial charge in [0.15, 0.2) is 0 Å². The van der Waals surface area contributed by atoms with E-state index in [4.69, 9.17) is 0 Å². The van der Waals surface area contributed by atoms with Crippen LogP contribution in [0.25, 0.3) is 0 Å². The van der Waals surface area contributed by atoms with Gasteiger partial charge >= 0.3 is 0 Å². The molecule has 0 aliphatic heterocycles. The van der Waals surface area contributed by atoms with Gasteiger partial charge in [-0.25, -0.2) is 0 Å². The van der Waals surface area contributed by atoms with Gasteiger partial charge in [-0.1, -0.05) is 6.92 Å². The van der Waals surface area contributed by atoms with Crippen LogP contribution in [-0.4, -0.2) is 16.5 Å². The topological polar surface area (TPSA) is 37.8 Å². The molecule has 0 amide bonds. The summed E-state index contributed by atoms with van der Waals surface area (Å²) in [6.07, 6.45) is 6.21. The molecule has 2 rings (SSSR count). The van der Waals surface area contributed by atoms with Crippen LogP contribution in [0.3, 0.4) is 0 Å². The van der Waals surface area contributed by atoms with Crippen LogP contribution in [0.5, 0.6) is 0 Å². The molecule has 0 bridgehead atoms. The van der Waals surface area contributed by atoms with E-state index in [0.29, 0.717) is 11.5 Å². The first-order valence-electron chi connectivity index (χ1n) is 5.62. The predicted octanol–water partition coefficient (Wildman–Crippen LogP) is 2.24. The first-order valence-corrected chi connectivity index (χ1v) is 5.62. The van der Waals surface area contributed by atoms with Crippen molar-refractivity contribution in [3.8, 4) is 0 Å². The van der Waals surface area contributed by atoms with Gasteiger partial charge in [0.05, 0.1) is 11.4 Å². The van der Waals surface area contributed by atoms with Crippen molar-refractivity contribution in [3.63, 3.8) is 0 Å². The molecule has 1 aliphatic carbocycles. The first-order chi connectivity index (χ1) is 7.11. The predicted molar refractivity (Wildman–Crippen MR) is 60.5 cm³/mol. The monoisotopic (exact) mass is 205 g/mol. The summed E-state index contributed by atoms with van der Waals surface area (Å²) in [6.45, 7) is 7.59. The first kappa shape index (κ1) is 10.6. The van der Waals surface area contributed by atoms with Crippen LogP contribution in [0.15, 0.2) is 12.4 Å². The van der Waals surface area contributed by atoms with E-state index in [1.165, 1.54) is 12.8 Å². The summed E-state index contributed by atoms with van der Waals surface area (Å²) < 4.78 is 0. The van der Waals surface area contributed by atoms with Gasteiger partial charge in [-0.3, -0.25) is 9.97 Å². The second kappa shape index (κ2) is 3.89. The minimum Gasteiger partial charge on any atom is -0.308 e. The van der Waals surface area contributed by atoms with Gasteiger partial charge in [0, 0.05) is 25.0 Å². The Kier molecular flexibility index (Phi) is 2.74. The molecule has 1 atom stereocenters. The van der Waals surface area contributed by atoms with Gasteiger partial charge in [0.1, 0.15) is 0 Å². The van der Waals surface area contributed by atoms with Gasteiger partial charge in [-0.05, 0) is 32.1 Å². The summed E-state index contributed by atoms with van der Waals surface area (Å²) in [7, 11) is 0. The van der Waals surface area contributed by atoms with Crippen molar-refractivity contribution in [2.24, 2.45) is 5.41 Å². The molecule has 1 unspecified atom stereocenters. The average molecular weight is 205 g/mol. The highest BCUT2D eigenvalue weighted by Crippen LogP contribution is 2.44. The lowest BCUT2D eigenvalue weighted by Gasteiger charge is -2.17. The van der Waals surface area contributed by atoms with Gasteiger partial charge in [0.25, 0.3) is 0 Å². The summed E-state index contributed by atoms with van der Waals surface area (Å²) in [4.78, 5) is 8.63. The Morgan fingerprint density at radius 3 is 2.67 bits per heavy atom. The Balaban J connectivity index is 1.95. The molecular formula is C12H19N3. The molecule has 0 saturated heterocycles. The van der Waals surface area contributed by atoms with Crippen LogP contribution in [-0.2, 0) is 0 Å². The van der Waals surface area contributed by atoms with Crippen LogP contribution >= 0.6 is 0 Å². The zero-order chi connectivity index (χ0) is 10.9. The summed E-state index contributed by atoms with van der Waals surface area (Å²) in [5.74, 6) is 0. The lowest BCUT2D eigenvalue weighted by molar-refractivity contribution is 0.450. The fourth-order valence-corrected chi connectivity index (χ4v) is 1.73. The molecule has 1 heterocycles. The van der Waals surface area contributed by atoms with E-state index in [1.807, 2.05) is 6.92 Å². The average Bonchev–Trinajstić information content (AvgIpc) is 2.95. The third kappa shape index (κ3) is 2.53. The maximum atomic E-state index is 4.37. The number of aromatic nitrogens is 2. The fourth-order valence-electron chi connectivity index (χ4n) is 1.73. The van der Waals surface area contributed by atoms with Gasteiger partial charge in [0.2, 0.25) is 0 Å². The minimum absolute atomic E-state index is 0.302. The smallest absolute Gasteiger partial charge is 0.0782 e. The molecule has 3 heteroatoms.